The van der Waals surface area contributed by atoms with Crippen LogP contribution in [0.1, 0.15) is 24.3 Å². The second kappa shape index (κ2) is 8.07. The predicted octanol–water partition coefficient (Wildman–Crippen LogP) is 3.56. The van der Waals surface area contributed by atoms with Crippen LogP contribution in [0, 0.1) is 0 Å². The Morgan fingerprint density at radius 3 is 2.35 bits per heavy atom. The summed E-state index contributed by atoms with van der Waals surface area (Å²) in [7, 11) is 0. The van der Waals surface area contributed by atoms with Crippen molar-refractivity contribution in [1.82, 2.24) is 9.97 Å². The van der Waals surface area contributed by atoms with E-state index in [4.69, 9.17) is 0 Å². The molecule has 0 bridgehead atoms. The van der Waals surface area contributed by atoms with Crippen LogP contribution in [0.3, 0.4) is 0 Å². The van der Waals surface area contributed by atoms with Crippen LogP contribution in [0.4, 0.5) is 11.4 Å². The number of hydrogen-bond donors (Lipinski definition) is 2. The van der Waals surface area contributed by atoms with Crippen LogP contribution in [0.2, 0.25) is 0 Å². The van der Waals surface area contributed by atoms with Crippen LogP contribution in [0.15, 0.2) is 40.1 Å². The molecule has 0 aliphatic heterocycles. The Morgan fingerprint density at radius 2 is 1.78 bits per heavy atom. The van der Waals surface area contributed by atoms with E-state index in [0.29, 0.717) is 21.0 Å². The Balaban J connectivity index is 2.12. The van der Waals surface area contributed by atoms with Gasteiger partial charge in [-0.05, 0) is 45.9 Å². The molecule has 2 N–H and O–H groups in total. The van der Waals surface area contributed by atoms with E-state index in [2.05, 4.69) is 36.5 Å². The van der Waals surface area contributed by atoms with Crippen LogP contribution in [0.25, 0.3) is 0 Å². The minimum absolute atomic E-state index is 0.146. The normalized spacial score (nSPS) is 10.2. The van der Waals surface area contributed by atoms with Gasteiger partial charge in [0.25, 0.3) is 5.91 Å². The van der Waals surface area contributed by atoms with Gasteiger partial charge in [0.2, 0.25) is 5.91 Å². The molecule has 2 aromatic rings. The van der Waals surface area contributed by atoms with Crippen LogP contribution >= 0.6 is 27.7 Å². The van der Waals surface area contributed by atoms with Crippen molar-refractivity contribution in [2.75, 3.05) is 16.4 Å². The first-order chi connectivity index (χ1) is 11.0. The van der Waals surface area contributed by atoms with Gasteiger partial charge in [-0.25, -0.2) is 9.97 Å². The second-order valence-electron chi connectivity index (χ2n) is 4.49. The fourth-order valence-corrected chi connectivity index (χ4v) is 2.65. The number of nitrogens with zero attached hydrogens (tertiary/aromatic N) is 2. The van der Waals surface area contributed by atoms with Gasteiger partial charge in [-0.2, -0.15) is 0 Å². The van der Waals surface area contributed by atoms with Gasteiger partial charge in [-0.3, -0.25) is 9.59 Å². The van der Waals surface area contributed by atoms with Crippen LogP contribution < -0.4 is 10.6 Å². The molecule has 1 heterocycles. The lowest BCUT2D eigenvalue weighted by molar-refractivity contribution is -0.114. The van der Waals surface area contributed by atoms with Gasteiger partial charge in [-0.15, -0.1) is 0 Å². The summed E-state index contributed by atoms with van der Waals surface area (Å²) < 4.78 is 0.533. The van der Waals surface area contributed by atoms with Gasteiger partial charge < -0.3 is 10.6 Å². The molecule has 0 atom stereocenters. The third-order valence-corrected chi connectivity index (χ3v) is 4.00. The number of amides is 2. The van der Waals surface area contributed by atoms with Crippen molar-refractivity contribution in [3.63, 3.8) is 0 Å². The first-order valence-corrected chi connectivity index (χ1v) is 8.61. The van der Waals surface area contributed by atoms with Gasteiger partial charge in [-0.1, -0.05) is 18.7 Å². The van der Waals surface area contributed by atoms with E-state index in [1.807, 2.05) is 6.92 Å². The highest BCUT2D eigenvalue weighted by Gasteiger charge is 2.14. The molecule has 0 radical (unpaired) electrons. The predicted molar refractivity (Wildman–Crippen MR) is 94.8 cm³/mol. The zero-order valence-electron chi connectivity index (χ0n) is 12.6. The summed E-state index contributed by atoms with van der Waals surface area (Å²) in [5.41, 5.74) is 1.56. The van der Waals surface area contributed by atoms with Crippen molar-refractivity contribution >= 4 is 50.9 Å². The van der Waals surface area contributed by atoms with Crippen molar-refractivity contribution in [2.24, 2.45) is 0 Å². The maximum atomic E-state index is 12.3. The molecule has 8 heteroatoms. The molecular weight excluding hydrogens is 380 g/mol. The summed E-state index contributed by atoms with van der Waals surface area (Å²) in [4.78, 5) is 31.7. The smallest absolute Gasteiger partial charge is 0.275 e. The Kier molecular flexibility index (Phi) is 6.12. The van der Waals surface area contributed by atoms with Gasteiger partial charge >= 0.3 is 0 Å². The molecule has 2 amide bonds. The molecule has 2 rings (SSSR count). The average molecular weight is 395 g/mol. The maximum Gasteiger partial charge on any atom is 0.275 e. The first kappa shape index (κ1) is 17.4. The van der Waals surface area contributed by atoms with Gasteiger partial charge in [0.15, 0.2) is 5.16 Å². The quantitative estimate of drug-likeness (QED) is 0.598. The second-order valence-corrected chi connectivity index (χ2v) is 6.58. The summed E-state index contributed by atoms with van der Waals surface area (Å²) in [5, 5.41) is 5.99. The number of rotatable bonds is 5. The maximum absolute atomic E-state index is 12.3. The summed E-state index contributed by atoms with van der Waals surface area (Å²) >= 11 is 4.76. The third-order valence-electron chi connectivity index (χ3n) is 2.67. The highest BCUT2D eigenvalue weighted by atomic mass is 79.9. The number of aromatic nitrogens is 2. The van der Waals surface area contributed by atoms with Crippen molar-refractivity contribution in [3.8, 4) is 0 Å². The molecule has 0 aliphatic rings. The zero-order valence-corrected chi connectivity index (χ0v) is 15.0. The number of carbonyl (C=O) groups excluding carboxylic acids is 2. The number of anilines is 2. The lowest BCUT2D eigenvalue weighted by Gasteiger charge is -2.08. The molecule has 23 heavy (non-hydrogen) atoms. The largest absolute Gasteiger partial charge is 0.326 e. The van der Waals surface area contributed by atoms with E-state index in [1.165, 1.54) is 18.7 Å². The molecule has 0 fully saturated rings. The molecule has 0 spiro atoms. The molecule has 1 aromatic heterocycles. The fraction of sp³-hybridized carbons (Fsp3) is 0.200. The van der Waals surface area contributed by atoms with E-state index < -0.39 is 0 Å². The number of nitrogens with one attached hydrogen (secondary N) is 2. The minimum Gasteiger partial charge on any atom is -0.326 e. The average Bonchev–Trinajstić information content (AvgIpc) is 2.51. The Labute approximate surface area is 146 Å². The van der Waals surface area contributed by atoms with Crippen LogP contribution in [-0.4, -0.2) is 27.5 Å². The topological polar surface area (TPSA) is 84.0 Å². The standard InChI is InChI=1S/C15H15BrN4O2S/c1-3-23-15-17-8-12(16)13(20-15)14(22)19-11-6-4-10(5-7-11)18-9(2)21/h4-8H,3H2,1-2H3,(H,18,21)(H,19,22). The SMILES string of the molecule is CCSc1ncc(Br)c(C(=O)Nc2ccc(NC(C)=O)cc2)n1. The highest BCUT2D eigenvalue weighted by Crippen LogP contribution is 2.20. The van der Waals surface area contributed by atoms with Gasteiger partial charge in [0.05, 0.1) is 4.47 Å². The Hall–Kier alpha value is -1.93. The molecule has 0 saturated heterocycles. The van der Waals surface area contributed by atoms with E-state index in [-0.39, 0.29) is 17.5 Å². The lowest BCUT2D eigenvalue weighted by Crippen LogP contribution is -2.15. The number of benzene rings is 1. The molecule has 6 nitrogen and oxygen atoms in total. The van der Waals surface area contributed by atoms with Gasteiger partial charge in [0, 0.05) is 24.5 Å². The molecule has 1 aromatic carbocycles. The van der Waals surface area contributed by atoms with E-state index >= 15 is 0 Å². The number of thioether (sulfide) groups is 1. The van der Waals surface area contributed by atoms with E-state index in [9.17, 15) is 9.59 Å². The lowest BCUT2D eigenvalue weighted by atomic mass is 10.2. The molecule has 0 unspecified atom stereocenters. The Bertz CT molecular complexity index is 722. The molecule has 0 saturated carbocycles. The number of halogens is 1. The van der Waals surface area contributed by atoms with Crippen LogP contribution in [0.5, 0.6) is 0 Å². The van der Waals surface area contributed by atoms with E-state index in [0.717, 1.165) is 5.75 Å². The molecular formula is C15H15BrN4O2S. The Morgan fingerprint density at radius 1 is 1.17 bits per heavy atom. The van der Waals surface area contributed by atoms with E-state index in [1.54, 1.807) is 30.5 Å². The van der Waals surface area contributed by atoms with Crippen molar-refractivity contribution < 1.29 is 9.59 Å². The molecule has 120 valence electrons. The summed E-state index contributed by atoms with van der Waals surface area (Å²) in [6, 6.07) is 6.84. The zero-order chi connectivity index (χ0) is 16.8. The van der Waals surface area contributed by atoms with Crippen molar-refractivity contribution in [2.45, 2.75) is 19.0 Å². The van der Waals surface area contributed by atoms with Crippen molar-refractivity contribution in [3.05, 3.63) is 40.6 Å². The minimum atomic E-state index is -0.329. The summed E-state index contributed by atoms with van der Waals surface area (Å²) in [5.74, 6) is 0.352. The van der Waals surface area contributed by atoms with Gasteiger partial charge in [0.1, 0.15) is 5.69 Å². The third kappa shape index (κ3) is 5.04. The van der Waals surface area contributed by atoms with Crippen LogP contribution in [-0.2, 0) is 4.79 Å². The summed E-state index contributed by atoms with van der Waals surface area (Å²) in [6.07, 6.45) is 1.57. The first-order valence-electron chi connectivity index (χ1n) is 6.84. The highest BCUT2D eigenvalue weighted by molar-refractivity contribution is 9.10. The molecule has 0 aliphatic carbocycles. The number of hydrogen-bond acceptors (Lipinski definition) is 5. The fourth-order valence-electron chi connectivity index (χ4n) is 1.74. The van der Waals surface area contributed by atoms with Crippen molar-refractivity contribution in [1.29, 1.82) is 0 Å². The monoisotopic (exact) mass is 394 g/mol. The number of carbonyl (C=O) groups is 2. The summed E-state index contributed by atoms with van der Waals surface area (Å²) in [6.45, 7) is 3.43.